The van der Waals surface area contributed by atoms with E-state index in [0.29, 0.717) is 0 Å². The Balaban J connectivity index is 3.48. The fourth-order valence-corrected chi connectivity index (χ4v) is 2.45. The van der Waals surface area contributed by atoms with Crippen LogP contribution in [0.25, 0.3) is 21.9 Å². The van der Waals surface area contributed by atoms with Gasteiger partial charge in [-0.1, -0.05) is 0 Å². The van der Waals surface area contributed by atoms with Crippen LogP contribution in [0.1, 0.15) is 5.56 Å². The van der Waals surface area contributed by atoms with Crippen molar-refractivity contribution in [2.45, 2.75) is 6.92 Å². The van der Waals surface area contributed by atoms with Gasteiger partial charge >= 0.3 is 0 Å². The lowest BCUT2D eigenvalue weighted by Crippen LogP contribution is -2.24. The zero-order chi connectivity index (χ0) is 19.8. The van der Waals surface area contributed by atoms with Crippen LogP contribution in [0.2, 0.25) is 0 Å². The quantitative estimate of drug-likeness (QED) is 0.533. The molecular formula is C17H3F5N4. The van der Waals surface area contributed by atoms with Crippen molar-refractivity contribution in [1.82, 2.24) is 0 Å². The summed E-state index contributed by atoms with van der Waals surface area (Å²) in [4.78, 5) is 0. The molecule has 4 nitrogen and oxygen atoms in total. The smallest absolute Gasteiger partial charge is 0.171 e. The Morgan fingerprint density at radius 3 is 1.42 bits per heavy atom. The number of nitriles is 4. The number of benzene rings is 2. The molecule has 2 aromatic carbocycles. The van der Waals surface area contributed by atoms with Gasteiger partial charge in [0, 0.05) is 5.22 Å². The lowest BCUT2D eigenvalue weighted by Gasteiger charge is -2.10. The monoisotopic (exact) mass is 358 g/mol. The van der Waals surface area contributed by atoms with Crippen molar-refractivity contribution in [3.8, 4) is 24.3 Å². The molecule has 2 rings (SSSR count). The summed E-state index contributed by atoms with van der Waals surface area (Å²) in [5, 5.41) is 30.0. The summed E-state index contributed by atoms with van der Waals surface area (Å²) in [6, 6.07) is 4.86. The highest BCUT2D eigenvalue weighted by Crippen LogP contribution is 2.27. The summed E-state index contributed by atoms with van der Waals surface area (Å²) in [6.07, 6.45) is 0. The first kappa shape index (κ1) is 18.4. The van der Waals surface area contributed by atoms with Crippen molar-refractivity contribution in [3.63, 3.8) is 0 Å². The second-order valence-corrected chi connectivity index (χ2v) is 4.89. The second kappa shape index (κ2) is 6.51. The highest BCUT2D eigenvalue weighted by molar-refractivity contribution is 5.89. The first-order valence-corrected chi connectivity index (χ1v) is 6.59. The van der Waals surface area contributed by atoms with Crippen LogP contribution in [0.15, 0.2) is 0 Å². The average Bonchev–Trinajstić information content (AvgIpc) is 2.63. The third kappa shape index (κ3) is 2.32. The molecular weight excluding hydrogens is 355 g/mol. The number of rotatable bonds is 0. The van der Waals surface area contributed by atoms with Crippen LogP contribution >= 0.6 is 0 Å². The van der Waals surface area contributed by atoms with Crippen LogP contribution in [0.5, 0.6) is 0 Å². The molecule has 0 bridgehead atoms. The molecule has 0 spiro atoms. The zero-order valence-electron chi connectivity index (χ0n) is 12.7. The molecule has 0 aliphatic heterocycles. The number of nitrogens with zero attached hydrogens (tertiary/aromatic N) is 4. The lowest BCUT2D eigenvalue weighted by atomic mass is 9.98. The van der Waals surface area contributed by atoms with E-state index in [1.165, 1.54) is 12.1 Å². The summed E-state index contributed by atoms with van der Waals surface area (Å²) in [5.74, 6) is -9.26. The summed E-state index contributed by atoms with van der Waals surface area (Å²) < 4.78 is 72.3. The maximum atomic E-state index is 14.7. The van der Waals surface area contributed by atoms with Crippen molar-refractivity contribution in [2.24, 2.45) is 0 Å². The largest absolute Gasteiger partial charge is 0.206 e. The number of fused-ring (bicyclic) bond motifs is 1. The van der Waals surface area contributed by atoms with E-state index in [1.54, 1.807) is 0 Å². The highest BCUT2D eigenvalue weighted by atomic mass is 19.2. The summed E-state index contributed by atoms with van der Waals surface area (Å²) >= 11 is 0. The predicted molar refractivity (Wildman–Crippen MR) is 77.0 cm³/mol. The molecule has 0 aromatic heterocycles. The SMILES string of the molecule is Cc1c(F)c2c(F)c(=C(C#N)C#N)c(F)c(F)c2c(F)c1=C(C#N)C#N. The van der Waals surface area contributed by atoms with Gasteiger partial charge in [0.05, 0.1) is 16.0 Å². The molecule has 26 heavy (non-hydrogen) atoms. The maximum absolute atomic E-state index is 14.7. The molecule has 126 valence electrons. The molecule has 0 saturated heterocycles. The Hall–Kier alpha value is -3.95. The molecule has 9 heteroatoms. The molecule has 0 heterocycles. The van der Waals surface area contributed by atoms with Crippen LogP contribution in [-0.4, -0.2) is 0 Å². The number of hydrogen-bond acceptors (Lipinski definition) is 4. The van der Waals surface area contributed by atoms with Gasteiger partial charge in [-0.25, -0.2) is 22.0 Å². The van der Waals surface area contributed by atoms with Crippen LogP contribution in [0, 0.1) is 81.3 Å². The molecule has 0 unspecified atom stereocenters. The molecule has 0 fully saturated rings. The van der Waals surface area contributed by atoms with Gasteiger partial charge in [0.2, 0.25) is 0 Å². The van der Waals surface area contributed by atoms with E-state index in [-0.39, 0.29) is 0 Å². The minimum absolute atomic E-state index is 0.695. The Bertz CT molecular complexity index is 1150. The fraction of sp³-hybridized carbons (Fsp3) is 0.0588. The normalized spacial score (nSPS) is 9.77. The van der Waals surface area contributed by atoms with E-state index in [2.05, 4.69) is 0 Å². The first-order valence-electron chi connectivity index (χ1n) is 6.59. The van der Waals surface area contributed by atoms with Gasteiger partial charge in [-0.3, -0.25) is 0 Å². The van der Waals surface area contributed by atoms with Crippen molar-refractivity contribution in [1.29, 1.82) is 21.0 Å². The van der Waals surface area contributed by atoms with E-state index < -0.39 is 67.0 Å². The number of hydrogen-bond donors (Lipinski definition) is 0. The molecule has 0 aliphatic carbocycles. The molecule has 0 N–H and O–H groups in total. The topological polar surface area (TPSA) is 95.2 Å². The van der Waals surface area contributed by atoms with Gasteiger partial charge in [-0.2, -0.15) is 21.0 Å². The van der Waals surface area contributed by atoms with Gasteiger partial charge in [0.15, 0.2) is 11.6 Å². The predicted octanol–water partition coefficient (Wildman–Crippen LogP) is 2.24. The first-order chi connectivity index (χ1) is 12.3. The van der Waals surface area contributed by atoms with Crippen molar-refractivity contribution >= 4 is 21.9 Å². The van der Waals surface area contributed by atoms with Crippen molar-refractivity contribution in [3.05, 3.63) is 45.1 Å². The number of halogens is 5. The Kier molecular flexibility index (Phi) is 4.61. The Morgan fingerprint density at radius 2 is 0.962 bits per heavy atom. The summed E-state index contributed by atoms with van der Waals surface area (Å²) in [7, 11) is 0. The Morgan fingerprint density at radius 1 is 0.577 bits per heavy atom. The fourth-order valence-electron chi connectivity index (χ4n) is 2.45. The molecule has 0 atom stereocenters. The van der Waals surface area contributed by atoms with Crippen molar-refractivity contribution < 1.29 is 22.0 Å². The zero-order valence-corrected chi connectivity index (χ0v) is 12.7. The van der Waals surface area contributed by atoms with E-state index >= 15 is 0 Å². The summed E-state index contributed by atoms with van der Waals surface area (Å²) in [6.45, 7) is 0.904. The highest BCUT2D eigenvalue weighted by Gasteiger charge is 2.27. The van der Waals surface area contributed by atoms with Gasteiger partial charge < -0.3 is 0 Å². The van der Waals surface area contributed by atoms with Gasteiger partial charge in [-0.15, -0.1) is 0 Å². The van der Waals surface area contributed by atoms with Crippen LogP contribution in [0.3, 0.4) is 0 Å². The maximum Gasteiger partial charge on any atom is 0.171 e. The van der Waals surface area contributed by atoms with E-state index in [9.17, 15) is 22.0 Å². The van der Waals surface area contributed by atoms with Gasteiger partial charge in [0.25, 0.3) is 0 Å². The standard InChI is InChI=1S/C17H3F5N4/c1-6-9(7(2-23)3-24)14(19)12-11(13(6)18)15(20)10(8(4-25)5-26)16(21)17(12)22/h1H3. The van der Waals surface area contributed by atoms with Crippen LogP contribution in [0.4, 0.5) is 22.0 Å². The molecule has 0 amide bonds. The van der Waals surface area contributed by atoms with Crippen molar-refractivity contribution in [2.75, 3.05) is 0 Å². The van der Waals surface area contributed by atoms with E-state index in [1.807, 2.05) is 0 Å². The van der Waals surface area contributed by atoms with Gasteiger partial charge in [-0.05, 0) is 12.5 Å². The molecule has 2 aromatic rings. The Labute approximate surface area is 142 Å². The van der Waals surface area contributed by atoms with Gasteiger partial charge in [0.1, 0.15) is 52.9 Å². The lowest BCUT2D eigenvalue weighted by molar-refractivity contribution is 0.488. The second-order valence-electron chi connectivity index (χ2n) is 4.89. The van der Waals surface area contributed by atoms with Crippen LogP contribution in [-0.2, 0) is 0 Å². The van der Waals surface area contributed by atoms with E-state index in [0.717, 1.165) is 19.1 Å². The summed E-state index contributed by atoms with van der Waals surface area (Å²) in [5.41, 5.74) is -2.80. The molecule has 0 radical (unpaired) electrons. The van der Waals surface area contributed by atoms with Crippen LogP contribution < -0.4 is 10.4 Å². The molecule has 0 saturated carbocycles. The third-order valence-electron chi connectivity index (χ3n) is 3.63. The van der Waals surface area contributed by atoms with E-state index in [4.69, 9.17) is 21.0 Å². The average molecular weight is 358 g/mol. The third-order valence-corrected chi connectivity index (χ3v) is 3.63. The minimum atomic E-state index is -2.07. The molecule has 0 aliphatic rings. The minimum Gasteiger partial charge on any atom is -0.206 e.